The number of amides is 2. The van der Waals surface area contributed by atoms with E-state index in [1.807, 2.05) is 45.9 Å². The Hall–Kier alpha value is -2.70. The third-order valence-electron chi connectivity index (χ3n) is 3.81. The molecular formula is C18H25N5O2. The lowest BCUT2D eigenvalue weighted by atomic mass is 10.0. The molecule has 0 saturated heterocycles. The summed E-state index contributed by atoms with van der Waals surface area (Å²) in [5, 5.41) is 9.92. The van der Waals surface area contributed by atoms with Crippen LogP contribution >= 0.6 is 0 Å². The number of nitrogens with zero attached hydrogens (tertiary/aromatic N) is 3. The molecular weight excluding hydrogens is 318 g/mol. The van der Waals surface area contributed by atoms with Crippen molar-refractivity contribution in [2.75, 3.05) is 0 Å². The summed E-state index contributed by atoms with van der Waals surface area (Å²) in [5.74, 6) is 0.326. The molecule has 7 nitrogen and oxygen atoms in total. The summed E-state index contributed by atoms with van der Waals surface area (Å²) in [6.07, 6.45) is 1.72. The van der Waals surface area contributed by atoms with Crippen molar-refractivity contribution in [3.05, 3.63) is 41.3 Å². The van der Waals surface area contributed by atoms with Crippen LogP contribution in [-0.2, 0) is 16.1 Å². The highest BCUT2D eigenvalue weighted by molar-refractivity contribution is 5.86. The number of hydrogen-bond acceptors (Lipinski definition) is 4. The molecule has 0 aliphatic heterocycles. The van der Waals surface area contributed by atoms with Crippen molar-refractivity contribution < 1.29 is 9.59 Å². The fraction of sp³-hybridized carbons (Fsp3) is 0.444. The van der Waals surface area contributed by atoms with Crippen LogP contribution in [0.5, 0.6) is 0 Å². The third kappa shape index (κ3) is 4.89. The predicted molar refractivity (Wildman–Crippen MR) is 95.1 cm³/mol. The SMILES string of the molecule is CC(=O)NC(C(=O)NCc1ccc(-n2nc(C)cc2C)nc1)C(C)C. The number of hydrogen-bond donors (Lipinski definition) is 2. The van der Waals surface area contributed by atoms with Gasteiger partial charge in [0.1, 0.15) is 6.04 Å². The van der Waals surface area contributed by atoms with E-state index in [9.17, 15) is 9.59 Å². The van der Waals surface area contributed by atoms with Gasteiger partial charge in [0, 0.05) is 25.4 Å². The van der Waals surface area contributed by atoms with E-state index < -0.39 is 6.04 Å². The molecule has 0 fully saturated rings. The van der Waals surface area contributed by atoms with Crippen molar-refractivity contribution in [3.63, 3.8) is 0 Å². The highest BCUT2D eigenvalue weighted by Crippen LogP contribution is 2.10. The standard InChI is InChI=1S/C18H25N5O2/c1-11(2)17(21-14(5)24)18(25)20-10-15-6-7-16(19-9-15)23-13(4)8-12(3)22-23/h6-9,11,17H,10H2,1-5H3,(H,20,25)(H,21,24). The van der Waals surface area contributed by atoms with E-state index in [0.29, 0.717) is 6.54 Å². The van der Waals surface area contributed by atoms with Crippen molar-refractivity contribution >= 4 is 11.8 Å². The Labute approximate surface area is 147 Å². The van der Waals surface area contributed by atoms with Crippen LogP contribution in [0.3, 0.4) is 0 Å². The Morgan fingerprint density at radius 2 is 1.96 bits per heavy atom. The van der Waals surface area contributed by atoms with Crippen molar-refractivity contribution in [1.82, 2.24) is 25.4 Å². The van der Waals surface area contributed by atoms with Gasteiger partial charge in [-0.3, -0.25) is 9.59 Å². The van der Waals surface area contributed by atoms with E-state index in [1.54, 1.807) is 10.9 Å². The Morgan fingerprint density at radius 3 is 2.44 bits per heavy atom. The quantitative estimate of drug-likeness (QED) is 0.835. The second-order valence-corrected chi connectivity index (χ2v) is 6.50. The lowest BCUT2D eigenvalue weighted by Gasteiger charge is -2.20. The first-order valence-corrected chi connectivity index (χ1v) is 8.31. The highest BCUT2D eigenvalue weighted by atomic mass is 16.2. The van der Waals surface area contributed by atoms with Gasteiger partial charge in [-0.25, -0.2) is 9.67 Å². The average Bonchev–Trinajstić information content (AvgIpc) is 2.89. The molecule has 0 aliphatic rings. The van der Waals surface area contributed by atoms with E-state index >= 15 is 0 Å². The summed E-state index contributed by atoms with van der Waals surface area (Å²) in [7, 11) is 0. The van der Waals surface area contributed by atoms with Gasteiger partial charge < -0.3 is 10.6 Å². The molecule has 7 heteroatoms. The third-order valence-corrected chi connectivity index (χ3v) is 3.81. The first-order chi connectivity index (χ1) is 11.8. The maximum atomic E-state index is 12.3. The van der Waals surface area contributed by atoms with E-state index in [0.717, 1.165) is 22.8 Å². The van der Waals surface area contributed by atoms with Crippen molar-refractivity contribution in [2.24, 2.45) is 5.92 Å². The molecule has 2 rings (SSSR count). The first kappa shape index (κ1) is 18.6. The van der Waals surface area contributed by atoms with Crippen LogP contribution in [0.2, 0.25) is 0 Å². The fourth-order valence-corrected chi connectivity index (χ4v) is 2.56. The molecule has 0 bridgehead atoms. The Kier molecular flexibility index (Phi) is 5.90. The van der Waals surface area contributed by atoms with Crippen LogP contribution in [0.4, 0.5) is 0 Å². The summed E-state index contributed by atoms with van der Waals surface area (Å²) in [6, 6.07) is 5.22. The second-order valence-electron chi connectivity index (χ2n) is 6.50. The zero-order valence-electron chi connectivity index (χ0n) is 15.3. The van der Waals surface area contributed by atoms with Crippen LogP contribution in [0.15, 0.2) is 24.4 Å². The van der Waals surface area contributed by atoms with E-state index in [-0.39, 0.29) is 17.7 Å². The Bertz CT molecular complexity index is 749. The molecule has 2 aromatic heterocycles. The molecule has 2 N–H and O–H groups in total. The van der Waals surface area contributed by atoms with E-state index in [1.165, 1.54) is 6.92 Å². The Balaban J connectivity index is 2.00. The number of nitrogens with one attached hydrogen (secondary N) is 2. The predicted octanol–water partition coefficient (Wildman–Crippen LogP) is 1.66. The highest BCUT2D eigenvalue weighted by Gasteiger charge is 2.22. The summed E-state index contributed by atoms with van der Waals surface area (Å²) in [6.45, 7) is 9.46. The molecule has 0 aliphatic carbocycles. The lowest BCUT2D eigenvalue weighted by molar-refractivity contribution is -0.129. The number of aromatic nitrogens is 3. The fourth-order valence-electron chi connectivity index (χ4n) is 2.56. The van der Waals surface area contributed by atoms with Gasteiger partial charge in [0.05, 0.1) is 5.69 Å². The average molecular weight is 343 g/mol. The molecule has 0 radical (unpaired) electrons. The molecule has 134 valence electrons. The minimum Gasteiger partial charge on any atom is -0.350 e. The minimum absolute atomic E-state index is 0.00966. The Morgan fingerprint density at radius 1 is 1.24 bits per heavy atom. The van der Waals surface area contributed by atoms with Crippen LogP contribution in [-0.4, -0.2) is 32.6 Å². The summed E-state index contributed by atoms with van der Waals surface area (Å²) in [5.41, 5.74) is 2.83. The number of rotatable bonds is 6. The number of carbonyl (C=O) groups is 2. The molecule has 1 atom stereocenters. The monoisotopic (exact) mass is 343 g/mol. The van der Waals surface area contributed by atoms with Gasteiger partial charge in [0.2, 0.25) is 11.8 Å². The van der Waals surface area contributed by atoms with Gasteiger partial charge in [-0.05, 0) is 37.5 Å². The zero-order valence-corrected chi connectivity index (χ0v) is 15.3. The molecule has 25 heavy (non-hydrogen) atoms. The van der Waals surface area contributed by atoms with Gasteiger partial charge in [-0.1, -0.05) is 19.9 Å². The summed E-state index contributed by atoms with van der Waals surface area (Å²) >= 11 is 0. The topological polar surface area (TPSA) is 88.9 Å². The van der Waals surface area contributed by atoms with Crippen LogP contribution in [0, 0.1) is 19.8 Å². The van der Waals surface area contributed by atoms with E-state index in [2.05, 4.69) is 20.7 Å². The summed E-state index contributed by atoms with van der Waals surface area (Å²) in [4.78, 5) is 27.9. The smallest absolute Gasteiger partial charge is 0.243 e. The van der Waals surface area contributed by atoms with E-state index in [4.69, 9.17) is 0 Å². The van der Waals surface area contributed by atoms with Crippen LogP contribution < -0.4 is 10.6 Å². The van der Waals surface area contributed by atoms with Crippen LogP contribution in [0.1, 0.15) is 37.7 Å². The molecule has 0 spiro atoms. The normalized spacial score (nSPS) is 12.1. The molecule has 0 saturated carbocycles. The van der Waals surface area contributed by atoms with Crippen molar-refractivity contribution in [3.8, 4) is 5.82 Å². The van der Waals surface area contributed by atoms with Gasteiger partial charge >= 0.3 is 0 Å². The number of aryl methyl sites for hydroxylation is 2. The maximum Gasteiger partial charge on any atom is 0.243 e. The lowest BCUT2D eigenvalue weighted by Crippen LogP contribution is -2.48. The second kappa shape index (κ2) is 7.92. The largest absolute Gasteiger partial charge is 0.350 e. The molecule has 2 amide bonds. The molecule has 2 heterocycles. The van der Waals surface area contributed by atoms with Gasteiger partial charge in [0.25, 0.3) is 0 Å². The van der Waals surface area contributed by atoms with Crippen molar-refractivity contribution in [2.45, 2.75) is 47.2 Å². The first-order valence-electron chi connectivity index (χ1n) is 8.31. The molecule has 1 unspecified atom stereocenters. The number of pyridine rings is 1. The number of carbonyl (C=O) groups excluding carboxylic acids is 2. The van der Waals surface area contributed by atoms with Gasteiger partial charge in [-0.15, -0.1) is 0 Å². The molecule has 2 aromatic rings. The molecule has 0 aromatic carbocycles. The maximum absolute atomic E-state index is 12.3. The van der Waals surface area contributed by atoms with Crippen LogP contribution in [0.25, 0.3) is 5.82 Å². The summed E-state index contributed by atoms with van der Waals surface area (Å²) < 4.78 is 1.78. The van der Waals surface area contributed by atoms with Gasteiger partial charge in [-0.2, -0.15) is 5.10 Å². The minimum atomic E-state index is -0.542. The van der Waals surface area contributed by atoms with Gasteiger partial charge in [0.15, 0.2) is 5.82 Å². The zero-order chi connectivity index (χ0) is 18.6. The van der Waals surface area contributed by atoms with Crippen molar-refractivity contribution in [1.29, 1.82) is 0 Å².